The molecule has 31 heavy (non-hydrogen) atoms. The van der Waals surface area contributed by atoms with Gasteiger partial charge < -0.3 is 29.7 Å². The molecule has 0 atom stereocenters. The van der Waals surface area contributed by atoms with Crippen LogP contribution in [0.5, 0.6) is 0 Å². The van der Waals surface area contributed by atoms with Crippen molar-refractivity contribution in [2.24, 2.45) is 17.8 Å². The molecule has 0 bridgehead atoms. The van der Waals surface area contributed by atoms with Crippen molar-refractivity contribution in [3.05, 3.63) is 0 Å². The van der Waals surface area contributed by atoms with Crippen LogP contribution in [-0.2, 0) is 14.4 Å². The van der Waals surface area contributed by atoms with E-state index in [9.17, 15) is 29.7 Å². The van der Waals surface area contributed by atoms with Gasteiger partial charge in [0.2, 0.25) is 0 Å². The SMILES string of the molecule is CC(C)CCCCC(=O)[O-].CC(C)CCCCC(=O)[O-].CC(C)CCCCC(=O)[O-].[Eu+3]. The number of aliphatic carboxylic acids is 3. The molecule has 0 amide bonds. The zero-order chi connectivity index (χ0) is 23.9. The van der Waals surface area contributed by atoms with Gasteiger partial charge in [-0.15, -0.1) is 0 Å². The van der Waals surface area contributed by atoms with E-state index in [2.05, 4.69) is 41.5 Å². The summed E-state index contributed by atoms with van der Waals surface area (Å²) >= 11 is 0. The first kappa shape index (κ1) is 38.3. The zero-order valence-corrected chi connectivity index (χ0v) is 23.0. The second-order valence-corrected chi connectivity index (χ2v) is 9.03. The number of carbonyl (C=O) groups is 3. The summed E-state index contributed by atoms with van der Waals surface area (Å²) in [4.78, 5) is 29.8. The van der Waals surface area contributed by atoms with Gasteiger partial charge in [-0.1, -0.05) is 80.1 Å². The van der Waals surface area contributed by atoms with Crippen LogP contribution in [0.3, 0.4) is 0 Å². The van der Waals surface area contributed by atoms with Crippen molar-refractivity contribution in [2.75, 3.05) is 0 Å². The molecule has 0 unspecified atom stereocenters. The summed E-state index contributed by atoms with van der Waals surface area (Å²) in [6, 6.07) is 0. The third kappa shape index (κ3) is 53.3. The first-order valence-electron chi connectivity index (χ1n) is 11.5. The van der Waals surface area contributed by atoms with Gasteiger partial charge in [0.1, 0.15) is 0 Å². The summed E-state index contributed by atoms with van der Waals surface area (Å²) < 4.78 is 0. The van der Waals surface area contributed by atoms with Crippen molar-refractivity contribution in [3.63, 3.8) is 0 Å². The van der Waals surface area contributed by atoms with Crippen LogP contribution in [0.15, 0.2) is 0 Å². The molecule has 184 valence electrons. The Kier molecular flexibility index (Phi) is 34.6. The van der Waals surface area contributed by atoms with Crippen LogP contribution in [0.2, 0.25) is 0 Å². The molecule has 6 nitrogen and oxygen atoms in total. The molecule has 0 heterocycles. The zero-order valence-electron chi connectivity index (χ0n) is 20.5. The molecule has 0 rings (SSSR count). The van der Waals surface area contributed by atoms with Crippen LogP contribution in [0.1, 0.15) is 119 Å². The summed E-state index contributed by atoms with van der Waals surface area (Å²) in [6.45, 7) is 12.8. The average Bonchev–Trinajstić information content (AvgIpc) is 2.60. The average molecular weight is 582 g/mol. The van der Waals surface area contributed by atoms with E-state index in [-0.39, 0.29) is 68.6 Å². The van der Waals surface area contributed by atoms with Crippen molar-refractivity contribution in [1.82, 2.24) is 0 Å². The fourth-order valence-electron chi connectivity index (χ4n) is 2.47. The first-order valence-corrected chi connectivity index (χ1v) is 11.5. The van der Waals surface area contributed by atoms with Crippen LogP contribution in [0.4, 0.5) is 0 Å². The smallest absolute Gasteiger partial charge is 0.550 e. The topological polar surface area (TPSA) is 120 Å². The van der Waals surface area contributed by atoms with Crippen molar-refractivity contribution >= 4 is 17.9 Å². The van der Waals surface area contributed by atoms with Gasteiger partial charge in [0.15, 0.2) is 0 Å². The van der Waals surface area contributed by atoms with Gasteiger partial charge in [-0.05, 0) is 56.3 Å². The Balaban J connectivity index is -0.000000174. The molecule has 0 aliphatic carbocycles. The molecule has 0 aliphatic heterocycles. The minimum Gasteiger partial charge on any atom is -0.550 e. The Morgan fingerprint density at radius 1 is 0.484 bits per heavy atom. The maximum Gasteiger partial charge on any atom is 3.00 e. The maximum absolute atomic E-state index is 9.93. The molecular weight excluding hydrogens is 536 g/mol. The van der Waals surface area contributed by atoms with Gasteiger partial charge in [-0.3, -0.25) is 0 Å². The second kappa shape index (κ2) is 28.0. The van der Waals surface area contributed by atoms with E-state index in [0.717, 1.165) is 57.8 Å². The number of unbranched alkanes of at least 4 members (excludes halogenated alkanes) is 3. The molecule has 0 aromatic carbocycles. The van der Waals surface area contributed by atoms with Gasteiger partial charge in [-0.2, -0.15) is 0 Å². The molecule has 7 heteroatoms. The van der Waals surface area contributed by atoms with E-state index in [1.165, 1.54) is 0 Å². The van der Waals surface area contributed by atoms with Crippen LogP contribution in [0, 0.1) is 67.1 Å². The quantitative estimate of drug-likeness (QED) is 0.274. The second-order valence-electron chi connectivity index (χ2n) is 9.03. The molecule has 0 aliphatic rings. The Labute approximate surface area is 231 Å². The summed E-state index contributed by atoms with van der Waals surface area (Å²) in [6.07, 6.45) is 9.31. The number of hydrogen-bond acceptors (Lipinski definition) is 6. The maximum atomic E-state index is 9.93. The van der Waals surface area contributed by atoms with Gasteiger partial charge in [0.25, 0.3) is 0 Å². The molecular formula is C24H45EuO6. The third-order valence-corrected chi connectivity index (χ3v) is 4.24. The molecule has 0 aromatic rings. The van der Waals surface area contributed by atoms with E-state index in [0.29, 0.717) is 17.8 Å². The summed E-state index contributed by atoms with van der Waals surface area (Å²) in [5.41, 5.74) is 0. The number of carboxylic acid groups (broad SMARTS) is 3. The third-order valence-electron chi connectivity index (χ3n) is 4.24. The number of hydrogen-bond donors (Lipinski definition) is 0. The van der Waals surface area contributed by atoms with Crippen molar-refractivity contribution in [2.45, 2.75) is 119 Å². The Bertz CT molecular complexity index is 360. The van der Waals surface area contributed by atoms with E-state index in [1.54, 1.807) is 0 Å². The van der Waals surface area contributed by atoms with E-state index >= 15 is 0 Å². The number of carboxylic acids is 3. The standard InChI is InChI=1S/3C8H16O2.Eu/c3*1-7(2)5-3-4-6-8(9)10;/h3*7H,3-6H2,1-2H3,(H,9,10);/q;;;+3/p-3. The Hall–Kier alpha value is -0.00558. The number of carbonyl (C=O) groups excluding carboxylic acids is 3. The van der Waals surface area contributed by atoms with Gasteiger partial charge in [0, 0.05) is 17.9 Å². The monoisotopic (exact) mass is 582 g/mol. The number of rotatable bonds is 15. The van der Waals surface area contributed by atoms with Crippen LogP contribution < -0.4 is 15.3 Å². The molecule has 0 saturated heterocycles. The van der Waals surface area contributed by atoms with Crippen molar-refractivity contribution in [3.8, 4) is 0 Å². The van der Waals surface area contributed by atoms with E-state index in [4.69, 9.17) is 0 Å². The van der Waals surface area contributed by atoms with Gasteiger partial charge >= 0.3 is 49.4 Å². The van der Waals surface area contributed by atoms with Crippen LogP contribution in [-0.4, -0.2) is 17.9 Å². The normalized spacial score (nSPS) is 9.97. The first-order chi connectivity index (χ1) is 13.9. The van der Waals surface area contributed by atoms with E-state index < -0.39 is 17.9 Å². The fraction of sp³-hybridized carbons (Fsp3) is 0.875. The molecule has 0 saturated carbocycles. The largest absolute Gasteiger partial charge is 3.00 e. The minimum atomic E-state index is -0.927. The summed E-state index contributed by atoms with van der Waals surface area (Å²) in [7, 11) is 0. The van der Waals surface area contributed by atoms with Crippen LogP contribution in [0.25, 0.3) is 0 Å². The minimum absolute atomic E-state index is 0. The molecule has 0 spiro atoms. The van der Waals surface area contributed by atoms with Crippen molar-refractivity contribution < 1.29 is 79.1 Å². The predicted octanol–water partition coefficient (Wildman–Crippen LogP) is 2.86. The summed E-state index contributed by atoms with van der Waals surface area (Å²) in [5, 5.41) is 29.8. The fourth-order valence-corrected chi connectivity index (χ4v) is 2.47. The molecule has 0 aromatic heterocycles. The van der Waals surface area contributed by atoms with Gasteiger partial charge in [-0.25, -0.2) is 0 Å². The van der Waals surface area contributed by atoms with Gasteiger partial charge in [0.05, 0.1) is 0 Å². The molecule has 0 N–H and O–H groups in total. The molecule has 0 radical (unpaired) electrons. The predicted molar refractivity (Wildman–Crippen MR) is 115 cm³/mol. The van der Waals surface area contributed by atoms with Crippen molar-refractivity contribution in [1.29, 1.82) is 0 Å². The Morgan fingerprint density at radius 3 is 0.806 bits per heavy atom. The van der Waals surface area contributed by atoms with E-state index in [1.807, 2.05) is 0 Å². The summed E-state index contributed by atoms with van der Waals surface area (Å²) in [5.74, 6) is -0.735. The molecule has 0 fully saturated rings. The van der Waals surface area contributed by atoms with Crippen LogP contribution >= 0.6 is 0 Å². The Morgan fingerprint density at radius 2 is 0.677 bits per heavy atom.